The molecule has 1 aliphatic rings. The van der Waals surface area contributed by atoms with Gasteiger partial charge in [-0.25, -0.2) is 0 Å². The second-order valence-electron chi connectivity index (χ2n) is 3.71. The van der Waals surface area contributed by atoms with E-state index in [2.05, 4.69) is 11.8 Å². The predicted octanol–water partition coefficient (Wildman–Crippen LogP) is 0.870. The van der Waals surface area contributed by atoms with E-state index >= 15 is 0 Å². The van der Waals surface area contributed by atoms with Gasteiger partial charge < -0.3 is 9.84 Å². The Bertz CT molecular complexity index is 124. The molecule has 0 radical (unpaired) electrons. The van der Waals surface area contributed by atoms with Crippen molar-refractivity contribution < 1.29 is 9.84 Å². The fourth-order valence-corrected chi connectivity index (χ4v) is 1.61. The number of nitrogens with zero attached hydrogens (tertiary/aromatic N) is 1. The molecule has 1 atom stereocenters. The Kier molecular flexibility index (Phi) is 5.35. The van der Waals surface area contributed by atoms with E-state index in [1.165, 1.54) is 6.42 Å². The highest BCUT2D eigenvalue weighted by molar-refractivity contribution is 4.67. The van der Waals surface area contributed by atoms with Crippen LogP contribution in [0.3, 0.4) is 0 Å². The first kappa shape index (κ1) is 11.0. The summed E-state index contributed by atoms with van der Waals surface area (Å²) in [6, 6.07) is 0. The van der Waals surface area contributed by atoms with Gasteiger partial charge in [-0.2, -0.15) is 0 Å². The van der Waals surface area contributed by atoms with Crippen LogP contribution in [-0.4, -0.2) is 49.0 Å². The smallest absolute Gasteiger partial charge is 0.0667 e. The van der Waals surface area contributed by atoms with Crippen molar-refractivity contribution in [3.63, 3.8) is 0 Å². The Hall–Kier alpha value is -0.120. The maximum absolute atomic E-state index is 9.65. The SMILES string of the molecule is CCCC[C@@H](O)CN1CCOCC1. The number of hydrogen-bond donors (Lipinski definition) is 1. The predicted molar refractivity (Wildman–Crippen MR) is 52.8 cm³/mol. The van der Waals surface area contributed by atoms with E-state index in [0.717, 1.165) is 45.7 Å². The van der Waals surface area contributed by atoms with Gasteiger partial charge >= 0.3 is 0 Å². The monoisotopic (exact) mass is 187 g/mol. The number of aliphatic hydroxyl groups excluding tert-OH is 1. The lowest BCUT2D eigenvalue weighted by Crippen LogP contribution is -2.40. The van der Waals surface area contributed by atoms with Crippen molar-refractivity contribution in [2.24, 2.45) is 0 Å². The molecule has 1 rings (SSSR count). The first-order chi connectivity index (χ1) is 6.33. The average molecular weight is 187 g/mol. The molecule has 13 heavy (non-hydrogen) atoms. The van der Waals surface area contributed by atoms with Crippen LogP contribution in [0.4, 0.5) is 0 Å². The van der Waals surface area contributed by atoms with Crippen molar-refractivity contribution in [1.29, 1.82) is 0 Å². The number of hydrogen-bond acceptors (Lipinski definition) is 3. The number of ether oxygens (including phenoxy) is 1. The van der Waals surface area contributed by atoms with Crippen LogP contribution in [0, 0.1) is 0 Å². The summed E-state index contributed by atoms with van der Waals surface area (Å²) in [6.07, 6.45) is 3.09. The van der Waals surface area contributed by atoms with Gasteiger partial charge in [-0.1, -0.05) is 19.8 Å². The Labute approximate surface area is 80.7 Å². The molecule has 0 aromatic carbocycles. The Morgan fingerprint density at radius 3 is 2.69 bits per heavy atom. The van der Waals surface area contributed by atoms with Gasteiger partial charge in [0.05, 0.1) is 19.3 Å². The molecular weight excluding hydrogens is 166 g/mol. The summed E-state index contributed by atoms with van der Waals surface area (Å²) in [6.45, 7) is 6.57. The fraction of sp³-hybridized carbons (Fsp3) is 1.00. The van der Waals surface area contributed by atoms with Crippen molar-refractivity contribution in [3.05, 3.63) is 0 Å². The number of unbranched alkanes of at least 4 members (excludes halogenated alkanes) is 1. The standard InChI is InChI=1S/C10H21NO2/c1-2-3-4-10(12)9-11-5-7-13-8-6-11/h10,12H,2-9H2,1H3/t10-/m1/s1. The second-order valence-corrected chi connectivity index (χ2v) is 3.71. The maximum atomic E-state index is 9.65. The Morgan fingerprint density at radius 2 is 2.08 bits per heavy atom. The Morgan fingerprint density at radius 1 is 1.38 bits per heavy atom. The van der Waals surface area contributed by atoms with E-state index in [-0.39, 0.29) is 6.10 Å². The Balaban J connectivity index is 2.07. The van der Waals surface area contributed by atoms with Gasteiger partial charge in [0.2, 0.25) is 0 Å². The zero-order valence-electron chi connectivity index (χ0n) is 8.54. The maximum Gasteiger partial charge on any atom is 0.0667 e. The molecule has 0 unspecified atom stereocenters. The lowest BCUT2D eigenvalue weighted by molar-refractivity contribution is 0.0128. The summed E-state index contributed by atoms with van der Waals surface area (Å²) in [4.78, 5) is 2.28. The van der Waals surface area contributed by atoms with E-state index in [1.54, 1.807) is 0 Å². The molecule has 3 heteroatoms. The second kappa shape index (κ2) is 6.35. The minimum absolute atomic E-state index is 0.141. The van der Waals surface area contributed by atoms with Gasteiger partial charge in [-0.05, 0) is 6.42 Å². The van der Waals surface area contributed by atoms with Crippen molar-refractivity contribution in [3.8, 4) is 0 Å². The van der Waals surface area contributed by atoms with E-state index in [0.29, 0.717) is 0 Å². The summed E-state index contributed by atoms with van der Waals surface area (Å²) < 4.78 is 5.24. The van der Waals surface area contributed by atoms with Gasteiger partial charge in [-0.15, -0.1) is 0 Å². The van der Waals surface area contributed by atoms with Crippen LogP contribution >= 0.6 is 0 Å². The molecule has 0 saturated carbocycles. The number of aliphatic hydroxyl groups is 1. The number of β-amino-alcohol motifs (C(OH)–C–C–N with tert-alkyl or cyclic N) is 1. The first-order valence-electron chi connectivity index (χ1n) is 5.31. The minimum Gasteiger partial charge on any atom is -0.392 e. The van der Waals surface area contributed by atoms with Gasteiger partial charge in [-0.3, -0.25) is 4.90 Å². The molecule has 3 nitrogen and oxygen atoms in total. The highest BCUT2D eigenvalue weighted by Crippen LogP contribution is 2.04. The topological polar surface area (TPSA) is 32.7 Å². The van der Waals surface area contributed by atoms with Crippen LogP contribution < -0.4 is 0 Å². The summed E-state index contributed by atoms with van der Waals surface area (Å²) in [5, 5.41) is 9.65. The highest BCUT2D eigenvalue weighted by atomic mass is 16.5. The van der Waals surface area contributed by atoms with Crippen LogP contribution in [-0.2, 0) is 4.74 Å². The molecule has 0 spiro atoms. The van der Waals surface area contributed by atoms with E-state index in [4.69, 9.17) is 4.74 Å². The van der Waals surface area contributed by atoms with Crippen molar-refractivity contribution in [2.75, 3.05) is 32.8 Å². The van der Waals surface area contributed by atoms with Gasteiger partial charge in [0.15, 0.2) is 0 Å². The third-order valence-corrected chi connectivity index (χ3v) is 2.46. The molecular formula is C10H21NO2. The van der Waals surface area contributed by atoms with Crippen molar-refractivity contribution >= 4 is 0 Å². The normalized spacial score (nSPS) is 21.7. The minimum atomic E-state index is -0.141. The summed E-state index contributed by atoms with van der Waals surface area (Å²) >= 11 is 0. The largest absolute Gasteiger partial charge is 0.392 e. The van der Waals surface area contributed by atoms with Crippen molar-refractivity contribution in [2.45, 2.75) is 32.3 Å². The van der Waals surface area contributed by atoms with Crippen LogP contribution in [0.15, 0.2) is 0 Å². The number of morpholine rings is 1. The van der Waals surface area contributed by atoms with Crippen LogP contribution in [0.2, 0.25) is 0 Å². The van der Waals surface area contributed by atoms with E-state index in [9.17, 15) is 5.11 Å². The molecule has 1 N–H and O–H groups in total. The third-order valence-electron chi connectivity index (χ3n) is 2.46. The van der Waals surface area contributed by atoms with E-state index < -0.39 is 0 Å². The van der Waals surface area contributed by atoms with Crippen LogP contribution in [0.1, 0.15) is 26.2 Å². The third kappa shape index (κ3) is 4.60. The molecule has 1 heterocycles. The van der Waals surface area contributed by atoms with Crippen molar-refractivity contribution in [1.82, 2.24) is 4.90 Å². The fourth-order valence-electron chi connectivity index (χ4n) is 1.61. The van der Waals surface area contributed by atoms with Gasteiger partial charge in [0.25, 0.3) is 0 Å². The lowest BCUT2D eigenvalue weighted by Gasteiger charge is -2.28. The highest BCUT2D eigenvalue weighted by Gasteiger charge is 2.13. The lowest BCUT2D eigenvalue weighted by atomic mass is 10.1. The molecule has 0 aromatic heterocycles. The molecule has 1 aliphatic heterocycles. The molecule has 1 saturated heterocycles. The molecule has 0 aromatic rings. The average Bonchev–Trinajstić information content (AvgIpc) is 2.16. The van der Waals surface area contributed by atoms with Gasteiger partial charge in [0, 0.05) is 19.6 Å². The summed E-state index contributed by atoms with van der Waals surface area (Å²) in [5.74, 6) is 0. The molecule has 0 bridgehead atoms. The zero-order chi connectivity index (χ0) is 9.52. The van der Waals surface area contributed by atoms with Gasteiger partial charge in [0.1, 0.15) is 0 Å². The van der Waals surface area contributed by atoms with Crippen LogP contribution in [0.5, 0.6) is 0 Å². The van der Waals surface area contributed by atoms with Crippen LogP contribution in [0.25, 0.3) is 0 Å². The summed E-state index contributed by atoms with van der Waals surface area (Å²) in [7, 11) is 0. The molecule has 0 aliphatic carbocycles. The quantitative estimate of drug-likeness (QED) is 0.693. The molecule has 0 amide bonds. The number of rotatable bonds is 5. The molecule has 1 fully saturated rings. The van der Waals surface area contributed by atoms with E-state index in [1.807, 2.05) is 0 Å². The first-order valence-corrected chi connectivity index (χ1v) is 5.31. The summed E-state index contributed by atoms with van der Waals surface area (Å²) in [5.41, 5.74) is 0. The zero-order valence-corrected chi connectivity index (χ0v) is 8.54. The molecule has 78 valence electrons.